The van der Waals surface area contributed by atoms with E-state index < -0.39 is 0 Å². The molecule has 2 heteroatoms. The number of aromatic nitrogens is 1. The maximum Gasteiger partial charge on any atom is 0.0588 e. The molecule has 96 valence electrons. The van der Waals surface area contributed by atoms with E-state index in [0.29, 0.717) is 0 Å². The van der Waals surface area contributed by atoms with Crippen LogP contribution in [0.1, 0.15) is 30.2 Å². The third-order valence-corrected chi connectivity index (χ3v) is 4.56. The van der Waals surface area contributed by atoms with Gasteiger partial charge >= 0.3 is 0 Å². The fraction of sp³-hybridized carbons (Fsp3) is 0.294. The van der Waals surface area contributed by atoms with Gasteiger partial charge in [0.1, 0.15) is 0 Å². The molecule has 3 aromatic rings. The van der Waals surface area contributed by atoms with Crippen molar-refractivity contribution in [2.24, 2.45) is 5.92 Å². The van der Waals surface area contributed by atoms with Crippen LogP contribution in [0.25, 0.3) is 21.8 Å². The lowest BCUT2D eigenvalue weighted by atomic mass is 10.0. The van der Waals surface area contributed by atoms with Crippen molar-refractivity contribution < 1.29 is 0 Å². The minimum absolute atomic E-state index is 0.158. The molecule has 1 aliphatic rings. The van der Waals surface area contributed by atoms with E-state index in [9.17, 15) is 0 Å². The molecule has 0 amide bonds. The Bertz CT molecular complexity index is 739. The van der Waals surface area contributed by atoms with Crippen LogP contribution in [-0.2, 0) is 0 Å². The number of aromatic amines is 1. The van der Waals surface area contributed by atoms with Crippen LogP contribution in [0, 0.1) is 5.92 Å². The summed E-state index contributed by atoms with van der Waals surface area (Å²) in [6, 6.07) is 15.0. The van der Waals surface area contributed by atoms with Gasteiger partial charge in [-0.1, -0.05) is 37.1 Å². The number of para-hydroxylation sites is 1. The molecule has 1 N–H and O–H groups in total. The van der Waals surface area contributed by atoms with Crippen LogP contribution >= 0.6 is 11.6 Å². The third kappa shape index (κ3) is 2.02. The number of benzene rings is 2. The molecule has 0 saturated heterocycles. The van der Waals surface area contributed by atoms with Crippen LogP contribution in [0.5, 0.6) is 0 Å². The lowest BCUT2D eigenvalue weighted by Gasteiger charge is -2.09. The van der Waals surface area contributed by atoms with Crippen LogP contribution in [-0.4, -0.2) is 4.98 Å². The quantitative estimate of drug-likeness (QED) is 0.613. The Hall–Kier alpha value is -1.47. The van der Waals surface area contributed by atoms with Crippen molar-refractivity contribution in [1.82, 2.24) is 4.98 Å². The van der Waals surface area contributed by atoms with Crippen molar-refractivity contribution in [3.63, 3.8) is 0 Å². The molecule has 19 heavy (non-hydrogen) atoms. The van der Waals surface area contributed by atoms with E-state index in [4.69, 9.17) is 11.6 Å². The van der Waals surface area contributed by atoms with Gasteiger partial charge in [-0.3, -0.25) is 0 Å². The monoisotopic (exact) mass is 269 g/mol. The van der Waals surface area contributed by atoms with Crippen molar-refractivity contribution in [2.45, 2.75) is 24.6 Å². The van der Waals surface area contributed by atoms with Gasteiger partial charge in [-0.15, -0.1) is 11.6 Å². The molecule has 1 atom stereocenters. The van der Waals surface area contributed by atoms with Gasteiger partial charge in [0.2, 0.25) is 0 Å². The molecular weight excluding hydrogens is 254 g/mol. The minimum Gasteiger partial charge on any atom is -0.355 e. The normalized spacial score (nSPS) is 17.1. The maximum atomic E-state index is 6.55. The number of rotatable bonds is 3. The standard InChI is InChI=1S/C17H16ClN/c18-15(9-11-5-6-11)12-7-8-17-14(10-12)13-3-1-2-4-16(13)19-17/h1-4,7-8,10-11,15,19H,5-6,9H2. The zero-order valence-corrected chi connectivity index (χ0v) is 11.5. The van der Waals surface area contributed by atoms with Gasteiger partial charge in [0.15, 0.2) is 0 Å². The van der Waals surface area contributed by atoms with Crippen LogP contribution in [0.4, 0.5) is 0 Å². The second-order valence-corrected chi connectivity index (χ2v) is 6.15. The number of halogens is 1. The van der Waals surface area contributed by atoms with Crippen molar-refractivity contribution in [3.8, 4) is 0 Å². The highest BCUT2D eigenvalue weighted by Gasteiger charge is 2.25. The Morgan fingerprint density at radius 3 is 2.68 bits per heavy atom. The van der Waals surface area contributed by atoms with Gasteiger partial charge in [-0.25, -0.2) is 0 Å². The molecule has 1 heterocycles. The average Bonchev–Trinajstić information content (AvgIpc) is 3.17. The molecule has 2 aromatic carbocycles. The predicted molar refractivity (Wildman–Crippen MR) is 81.7 cm³/mol. The Labute approximate surface area is 117 Å². The van der Waals surface area contributed by atoms with Gasteiger partial charge in [-0.05, 0) is 36.1 Å². The summed E-state index contributed by atoms with van der Waals surface area (Å²) in [6.45, 7) is 0. The first-order valence-corrected chi connectivity index (χ1v) is 7.39. The number of hydrogen-bond donors (Lipinski definition) is 1. The molecule has 1 saturated carbocycles. The molecule has 0 spiro atoms. The van der Waals surface area contributed by atoms with Crippen LogP contribution in [0.3, 0.4) is 0 Å². The van der Waals surface area contributed by atoms with Crippen molar-refractivity contribution in [2.75, 3.05) is 0 Å². The lowest BCUT2D eigenvalue weighted by Crippen LogP contribution is -1.91. The smallest absolute Gasteiger partial charge is 0.0588 e. The highest BCUT2D eigenvalue weighted by molar-refractivity contribution is 6.21. The van der Waals surface area contributed by atoms with E-state index in [-0.39, 0.29) is 5.38 Å². The zero-order chi connectivity index (χ0) is 12.8. The Kier molecular flexibility index (Phi) is 2.56. The first kappa shape index (κ1) is 11.4. The SMILES string of the molecule is ClC(CC1CC1)c1ccc2[nH]c3ccccc3c2c1. The van der Waals surface area contributed by atoms with Gasteiger partial charge < -0.3 is 4.98 Å². The first-order valence-electron chi connectivity index (χ1n) is 6.96. The molecule has 0 aliphatic heterocycles. The van der Waals surface area contributed by atoms with Crippen LogP contribution in [0.15, 0.2) is 42.5 Å². The van der Waals surface area contributed by atoms with Gasteiger partial charge in [0.25, 0.3) is 0 Å². The summed E-state index contributed by atoms with van der Waals surface area (Å²) in [6.07, 6.45) is 3.84. The molecule has 0 bridgehead atoms. The summed E-state index contributed by atoms with van der Waals surface area (Å²) in [4.78, 5) is 3.45. The number of nitrogens with one attached hydrogen (secondary N) is 1. The largest absolute Gasteiger partial charge is 0.355 e. The van der Waals surface area contributed by atoms with E-state index >= 15 is 0 Å². The molecule has 4 rings (SSSR count). The number of H-pyrrole nitrogens is 1. The van der Waals surface area contributed by atoms with Crippen molar-refractivity contribution in [3.05, 3.63) is 48.0 Å². The van der Waals surface area contributed by atoms with E-state index in [2.05, 4.69) is 47.4 Å². The van der Waals surface area contributed by atoms with Crippen LogP contribution in [0.2, 0.25) is 0 Å². The highest BCUT2D eigenvalue weighted by Crippen LogP contribution is 2.41. The molecule has 1 nitrogen and oxygen atoms in total. The molecule has 0 radical (unpaired) electrons. The molecule has 1 fully saturated rings. The second kappa shape index (κ2) is 4.28. The van der Waals surface area contributed by atoms with Crippen LogP contribution < -0.4 is 0 Å². The summed E-state index contributed by atoms with van der Waals surface area (Å²) in [5.74, 6) is 0.862. The van der Waals surface area contributed by atoms with Gasteiger partial charge in [-0.2, -0.15) is 0 Å². The van der Waals surface area contributed by atoms with E-state index in [1.807, 2.05) is 0 Å². The Balaban J connectivity index is 1.82. The zero-order valence-electron chi connectivity index (χ0n) is 10.7. The van der Waals surface area contributed by atoms with E-state index in [1.165, 1.54) is 40.2 Å². The van der Waals surface area contributed by atoms with Gasteiger partial charge in [0, 0.05) is 21.8 Å². The second-order valence-electron chi connectivity index (χ2n) is 5.62. The van der Waals surface area contributed by atoms with E-state index in [1.54, 1.807) is 0 Å². The average molecular weight is 270 g/mol. The summed E-state index contributed by atoms with van der Waals surface area (Å²) < 4.78 is 0. The summed E-state index contributed by atoms with van der Waals surface area (Å²) in [5, 5.41) is 2.73. The van der Waals surface area contributed by atoms with E-state index in [0.717, 1.165) is 12.3 Å². The fourth-order valence-corrected chi connectivity index (χ4v) is 3.23. The Morgan fingerprint density at radius 1 is 1.05 bits per heavy atom. The summed E-state index contributed by atoms with van der Waals surface area (Å²) in [5.41, 5.74) is 3.65. The van der Waals surface area contributed by atoms with Crippen molar-refractivity contribution in [1.29, 1.82) is 0 Å². The Morgan fingerprint density at radius 2 is 1.84 bits per heavy atom. The fourth-order valence-electron chi connectivity index (χ4n) is 2.84. The summed E-state index contributed by atoms with van der Waals surface area (Å²) >= 11 is 6.55. The van der Waals surface area contributed by atoms with Crippen molar-refractivity contribution >= 4 is 33.4 Å². The topological polar surface area (TPSA) is 15.8 Å². The minimum atomic E-state index is 0.158. The maximum absolute atomic E-state index is 6.55. The number of alkyl halides is 1. The molecule has 1 aromatic heterocycles. The third-order valence-electron chi connectivity index (χ3n) is 4.13. The number of fused-ring (bicyclic) bond motifs is 3. The van der Waals surface area contributed by atoms with Gasteiger partial charge in [0.05, 0.1) is 5.38 Å². The molecule has 1 aliphatic carbocycles. The molecular formula is C17H16ClN. The summed E-state index contributed by atoms with van der Waals surface area (Å²) in [7, 11) is 0. The predicted octanol–water partition coefficient (Wildman–Crippen LogP) is 5.40. The molecule has 1 unspecified atom stereocenters. The lowest BCUT2D eigenvalue weighted by molar-refractivity contribution is 0.707. The first-order chi connectivity index (χ1) is 9.31. The highest BCUT2D eigenvalue weighted by atomic mass is 35.5. The number of hydrogen-bond acceptors (Lipinski definition) is 0.